The van der Waals surface area contributed by atoms with Crippen LogP contribution in [0.2, 0.25) is 0 Å². The van der Waals surface area contributed by atoms with Crippen LogP contribution in [0.5, 0.6) is 5.75 Å². The van der Waals surface area contributed by atoms with E-state index in [4.69, 9.17) is 0 Å². The largest absolute Gasteiger partial charge is 0.506 e. The smallest absolute Gasteiger partial charge is 0.194 e. The van der Waals surface area contributed by atoms with E-state index in [0.717, 1.165) is 39.7 Å². The lowest BCUT2D eigenvalue weighted by Gasteiger charge is -2.23. The van der Waals surface area contributed by atoms with Gasteiger partial charge in [0.2, 0.25) is 0 Å². The van der Waals surface area contributed by atoms with Crippen LogP contribution in [0.1, 0.15) is 24.0 Å². The van der Waals surface area contributed by atoms with Gasteiger partial charge in [0.25, 0.3) is 0 Å². The Hall–Kier alpha value is -2.12. The number of nitrogens with zero attached hydrogens (tertiary/aromatic N) is 3. The van der Waals surface area contributed by atoms with E-state index in [1.54, 1.807) is 22.1 Å². The molecule has 1 saturated heterocycles. The molecule has 1 aliphatic heterocycles. The molecule has 7 heteroatoms. The molecule has 3 N–H and O–H groups in total. The summed E-state index contributed by atoms with van der Waals surface area (Å²) >= 11 is 1.61. The third-order valence-corrected chi connectivity index (χ3v) is 5.27. The van der Waals surface area contributed by atoms with Crippen LogP contribution >= 0.6 is 11.3 Å². The Bertz CT molecular complexity index is 824. The Morgan fingerprint density at radius 1 is 1.38 bits per heavy atom. The molecule has 3 heterocycles. The predicted molar refractivity (Wildman–Crippen MR) is 97.4 cm³/mol. The molecule has 0 saturated carbocycles. The zero-order valence-corrected chi connectivity index (χ0v) is 14.7. The number of hydrogen-bond donors (Lipinski definition) is 3. The Labute approximate surface area is 144 Å². The number of benzene rings is 1. The van der Waals surface area contributed by atoms with Crippen LogP contribution in [0.25, 0.3) is 16.0 Å². The number of rotatable bonds is 3. The van der Waals surface area contributed by atoms with E-state index < -0.39 is 0 Å². The highest BCUT2D eigenvalue weighted by Gasteiger charge is 2.17. The van der Waals surface area contributed by atoms with Crippen molar-refractivity contribution in [3.05, 3.63) is 29.5 Å². The highest BCUT2D eigenvalue weighted by Crippen LogP contribution is 2.31. The fourth-order valence-electron chi connectivity index (χ4n) is 3.28. The van der Waals surface area contributed by atoms with Gasteiger partial charge < -0.3 is 15.7 Å². The van der Waals surface area contributed by atoms with E-state index in [0.29, 0.717) is 11.7 Å². The van der Waals surface area contributed by atoms with E-state index >= 15 is 0 Å². The third-order valence-electron chi connectivity index (χ3n) is 4.35. The second kappa shape index (κ2) is 6.07. The molecule has 1 fully saturated rings. The van der Waals surface area contributed by atoms with Crippen LogP contribution in [-0.2, 0) is 0 Å². The maximum Gasteiger partial charge on any atom is 0.194 e. The number of hydrogen-bond acceptors (Lipinski definition) is 6. The normalized spacial score (nSPS) is 18.2. The van der Waals surface area contributed by atoms with Crippen molar-refractivity contribution >= 4 is 26.8 Å². The molecule has 1 aliphatic rings. The van der Waals surface area contributed by atoms with Crippen molar-refractivity contribution in [3.63, 3.8) is 0 Å². The summed E-state index contributed by atoms with van der Waals surface area (Å²) < 4.78 is 2.74. The first-order valence-corrected chi connectivity index (χ1v) is 9.06. The monoisotopic (exact) mass is 343 g/mol. The molecule has 24 heavy (non-hydrogen) atoms. The molecular formula is C17H21N5OS. The zero-order chi connectivity index (χ0) is 16.7. The van der Waals surface area contributed by atoms with Crippen molar-refractivity contribution in [2.75, 3.05) is 18.4 Å². The summed E-state index contributed by atoms with van der Waals surface area (Å²) in [4.78, 5) is 4.60. The van der Waals surface area contributed by atoms with Gasteiger partial charge in [-0.1, -0.05) is 17.4 Å². The van der Waals surface area contributed by atoms with Crippen LogP contribution in [0.3, 0.4) is 0 Å². The van der Waals surface area contributed by atoms with Gasteiger partial charge in [0.05, 0.1) is 10.9 Å². The number of piperidine rings is 1. The van der Waals surface area contributed by atoms with Crippen molar-refractivity contribution in [1.29, 1.82) is 0 Å². The van der Waals surface area contributed by atoms with Crippen molar-refractivity contribution in [3.8, 4) is 11.4 Å². The molecule has 6 nitrogen and oxygen atoms in total. The molecule has 1 aromatic carbocycles. The van der Waals surface area contributed by atoms with E-state index in [2.05, 4.69) is 20.7 Å². The van der Waals surface area contributed by atoms with Crippen molar-refractivity contribution < 1.29 is 5.11 Å². The van der Waals surface area contributed by atoms with Crippen LogP contribution in [0.4, 0.5) is 5.13 Å². The molecule has 0 aliphatic carbocycles. The minimum absolute atomic E-state index is 0.245. The molecule has 0 bridgehead atoms. The maximum absolute atomic E-state index is 10.3. The Kier molecular flexibility index (Phi) is 3.90. The van der Waals surface area contributed by atoms with Gasteiger partial charge in [-0.25, -0.2) is 4.68 Å². The van der Waals surface area contributed by atoms with Gasteiger partial charge in [-0.15, -0.1) is 5.10 Å². The summed E-state index contributed by atoms with van der Waals surface area (Å²) in [6.45, 7) is 6.03. The SMILES string of the molecule is Cc1cc(C)c(-n2cc3sc(NC4CCCNC4)nc3n2)c(O)c1. The summed E-state index contributed by atoms with van der Waals surface area (Å²) in [6.07, 6.45) is 4.30. The lowest BCUT2D eigenvalue weighted by atomic mass is 10.1. The third kappa shape index (κ3) is 2.85. The van der Waals surface area contributed by atoms with E-state index in [1.807, 2.05) is 26.1 Å². The number of thiazole rings is 1. The van der Waals surface area contributed by atoms with Gasteiger partial charge >= 0.3 is 0 Å². The molecule has 126 valence electrons. The zero-order valence-electron chi connectivity index (χ0n) is 13.8. The molecule has 0 radical (unpaired) electrons. The predicted octanol–water partition coefficient (Wildman–Crippen LogP) is 2.97. The van der Waals surface area contributed by atoms with Gasteiger partial charge in [-0.05, 0) is 50.4 Å². The van der Waals surface area contributed by atoms with E-state index in [-0.39, 0.29) is 5.75 Å². The lowest BCUT2D eigenvalue weighted by molar-refractivity contribution is 0.469. The highest BCUT2D eigenvalue weighted by atomic mass is 32.1. The van der Waals surface area contributed by atoms with Crippen LogP contribution in [0, 0.1) is 13.8 Å². The molecule has 0 spiro atoms. The summed E-state index contributed by atoms with van der Waals surface area (Å²) in [5.74, 6) is 0.245. The number of nitrogens with one attached hydrogen (secondary N) is 2. The van der Waals surface area contributed by atoms with Gasteiger partial charge in [0.15, 0.2) is 10.8 Å². The Balaban J connectivity index is 1.62. The van der Waals surface area contributed by atoms with Gasteiger partial charge in [0.1, 0.15) is 11.4 Å². The van der Waals surface area contributed by atoms with Gasteiger partial charge in [0, 0.05) is 12.6 Å². The molecule has 1 atom stereocenters. The number of aryl methyl sites for hydroxylation is 2. The Morgan fingerprint density at radius 2 is 2.25 bits per heavy atom. The lowest BCUT2D eigenvalue weighted by Crippen LogP contribution is -2.38. The Morgan fingerprint density at radius 3 is 2.96 bits per heavy atom. The standard InChI is InChI=1S/C17H21N5OS/c1-10-6-11(2)15(13(23)7-10)22-9-14-16(21-22)20-17(24-14)19-12-4-3-5-18-8-12/h6-7,9,12,18,23H,3-5,8H2,1-2H3,(H,19,20,21). The van der Waals surface area contributed by atoms with Crippen molar-refractivity contribution in [2.24, 2.45) is 0 Å². The van der Waals surface area contributed by atoms with Crippen LogP contribution in [-0.4, -0.2) is 39.0 Å². The van der Waals surface area contributed by atoms with Gasteiger partial charge in [-0.3, -0.25) is 0 Å². The minimum atomic E-state index is 0.245. The van der Waals surface area contributed by atoms with Crippen LogP contribution in [0.15, 0.2) is 18.3 Å². The number of anilines is 1. The fourth-order valence-corrected chi connectivity index (χ4v) is 4.18. The summed E-state index contributed by atoms with van der Waals surface area (Å²) in [6, 6.07) is 4.24. The number of phenols is 1. The second-order valence-corrected chi connectivity index (χ2v) is 7.45. The maximum atomic E-state index is 10.3. The van der Waals surface area contributed by atoms with Gasteiger partial charge in [-0.2, -0.15) is 4.98 Å². The van der Waals surface area contributed by atoms with Crippen molar-refractivity contribution in [1.82, 2.24) is 20.1 Å². The molecule has 0 amide bonds. The molecular weight excluding hydrogens is 322 g/mol. The average Bonchev–Trinajstić information content (AvgIpc) is 3.05. The highest BCUT2D eigenvalue weighted by molar-refractivity contribution is 7.22. The first kappa shape index (κ1) is 15.4. The first-order chi connectivity index (χ1) is 11.6. The average molecular weight is 343 g/mol. The molecule has 4 rings (SSSR count). The molecule has 1 unspecified atom stereocenters. The summed E-state index contributed by atoms with van der Waals surface area (Å²) in [5, 5.41) is 22.6. The fraction of sp³-hybridized carbons (Fsp3) is 0.412. The quantitative estimate of drug-likeness (QED) is 0.682. The number of aromatic nitrogens is 3. The topological polar surface area (TPSA) is 75.0 Å². The molecule has 2 aromatic heterocycles. The minimum Gasteiger partial charge on any atom is -0.506 e. The molecule has 3 aromatic rings. The van der Waals surface area contributed by atoms with Crippen molar-refractivity contribution in [2.45, 2.75) is 32.7 Å². The number of phenolic OH excluding ortho intramolecular Hbond substituents is 1. The summed E-state index contributed by atoms with van der Waals surface area (Å²) in [5.41, 5.74) is 3.46. The second-order valence-electron chi connectivity index (χ2n) is 6.42. The number of aromatic hydroxyl groups is 1. The van der Waals surface area contributed by atoms with E-state index in [1.165, 1.54) is 12.8 Å². The summed E-state index contributed by atoms with van der Waals surface area (Å²) in [7, 11) is 0. The first-order valence-electron chi connectivity index (χ1n) is 8.24. The van der Waals surface area contributed by atoms with Crippen LogP contribution < -0.4 is 10.6 Å². The van der Waals surface area contributed by atoms with E-state index in [9.17, 15) is 5.11 Å². The number of fused-ring (bicyclic) bond motifs is 1.